The maximum atomic E-state index is 11.7. The van der Waals surface area contributed by atoms with Crippen LogP contribution in [0.4, 0.5) is 0 Å². The van der Waals surface area contributed by atoms with Gasteiger partial charge in [-0.25, -0.2) is 8.42 Å². The lowest BCUT2D eigenvalue weighted by Gasteiger charge is -2.26. The summed E-state index contributed by atoms with van der Waals surface area (Å²) in [4.78, 5) is 11.7. The SMILES string of the molecule is CC(C)CS(=O)(=O)CCC(=O)NC1CCC(N)CC1.Cl. The lowest BCUT2D eigenvalue weighted by molar-refractivity contribution is -0.121. The van der Waals surface area contributed by atoms with Gasteiger partial charge in [-0.1, -0.05) is 13.8 Å². The fraction of sp³-hybridized carbons (Fsp3) is 0.923. The van der Waals surface area contributed by atoms with Crippen molar-refractivity contribution in [1.82, 2.24) is 5.32 Å². The highest BCUT2D eigenvalue weighted by atomic mass is 35.5. The van der Waals surface area contributed by atoms with E-state index < -0.39 is 9.84 Å². The van der Waals surface area contributed by atoms with Crippen LogP contribution in [-0.4, -0.2) is 37.9 Å². The Labute approximate surface area is 128 Å². The van der Waals surface area contributed by atoms with Gasteiger partial charge in [0.25, 0.3) is 0 Å². The molecule has 5 nitrogen and oxygen atoms in total. The summed E-state index contributed by atoms with van der Waals surface area (Å²) < 4.78 is 23.4. The molecule has 1 saturated carbocycles. The minimum absolute atomic E-state index is 0. The highest BCUT2D eigenvalue weighted by Crippen LogP contribution is 2.17. The zero-order chi connectivity index (χ0) is 14.5. The van der Waals surface area contributed by atoms with Gasteiger partial charge in [-0.2, -0.15) is 0 Å². The Morgan fingerprint density at radius 1 is 1.25 bits per heavy atom. The van der Waals surface area contributed by atoms with Gasteiger partial charge in [-0.05, 0) is 31.6 Å². The van der Waals surface area contributed by atoms with Crippen molar-refractivity contribution in [3.05, 3.63) is 0 Å². The van der Waals surface area contributed by atoms with Gasteiger partial charge in [0, 0.05) is 18.5 Å². The average molecular weight is 327 g/mol. The summed E-state index contributed by atoms with van der Waals surface area (Å²) in [5.74, 6) is 0.0441. The van der Waals surface area contributed by atoms with Gasteiger partial charge in [0.2, 0.25) is 5.91 Å². The van der Waals surface area contributed by atoms with Crippen LogP contribution in [0.25, 0.3) is 0 Å². The molecule has 0 aromatic heterocycles. The summed E-state index contributed by atoms with van der Waals surface area (Å²) in [7, 11) is -3.11. The molecule has 1 aliphatic carbocycles. The maximum absolute atomic E-state index is 11.7. The third-order valence-corrected chi connectivity index (χ3v) is 5.37. The molecule has 0 saturated heterocycles. The van der Waals surface area contributed by atoms with Crippen LogP contribution in [-0.2, 0) is 14.6 Å². The first-order valence-electron chi connectivity index (χ1n) is 7.04. The van der Waals surface area contributed by atoms with Crippen LogP contribution >= 0.6 is 12.4 Å². The predicted molar refractivity (Wildman–Crippen MR) is 83.7 cm³/mol. The average Bonchev–Trinajstić information content (AvgIpc) is 2.28. The summed E-state index contributed by atoms with van der Waals surface area (Å²) >= 11 is 0. The second kappa shape index (κ2) is 8.85. The van der Waals surface area contributed by atoms with Crippen LogP contribution in [0, 0.1) is 5.92 Å². The number of nitrogens with two attached hydrogens (primary N) is 1. The van der Waals surface area contributed by atoms with Gasteiger partial charge in [0.05, 0.1) is 11.5 Å². The molecule has 0 aliphatic heterocycles. The number of amides is 1. The molecule has 1 aliphatic rings. The van der Waals surface area contributed by atoms with E-state index in [9.17, 15) is 13.2 Å². The molecule has 0 aromatic carbocycles. The van der Waals surface area contributed by atoms with Crippen molar-refractivity contribution in [3.63, 3.8) is 0 Å². The molecule has 1 rings (SSSR count). The minimum atomic E-state index is -3.11. The molecule has 0 bridgehead atoms. The van der Waals surface area contributed by atoms with E-state index in [-0.39, 0.29) is 54.2 Å². The van der Waals surface area contributed by atoms with Crippen LogP contribution in [0.5, 0.6) is 0 Å². The second-order valence-electron chi connectivity index (χ2n) is 5.94. The highest BCUT2D eigenvalue weighted by Gasteiger charge is 2.21. The highest BCUT2D eigenvalue weighted by molar-refractivity contribution is 7.91. The molecule has 1 amide bonds. The van der Waals surface area contributed by atoms with Crippen LogP contribution in [0.3, 0.4) is 0 Å². The molecule has 0 atom stereocenters. The Morgan fingerprint density at radius 3 is 2.30 bits per heavy atom. The van der Waals surface area contributed by atoms with E-state index in [1.165, 1.54) is 0 Å². The Balaban J connectivity index is 0.00000361. The summed E-state index contributed by atoms with van der Waals surface area (Å²) in [6, 6.07) is 0.416. The lowest BCUT2D eigenvalue weighted by Crippen LogP contribution is -2.41. The fourth-order valence-electron chi connectivity index (χ4n) is 2.40. The Morgan fingerprint density at radius 2 is 1.80 bits per heavy atom. The van der Waals surface area contributed by atoms with Gasteiger partial charge in [0.1, 0.15) is 0 Å². The van der Waals surface area contributed by atoms with E-state index in [4.69, 9.17) is 5.73 Å². The predicted octanol–water partition coefficient (Wildman–Crippen LogP) is 1.26. The standard InChI is InChI=1S/C13H26N2O3S.ClH/c1-10(2)9-19(17,18)8-7-13(16)15-12-5-3-11(14)4-6-12;/h10-12H,3-9,14H2,1-2H3,(H,15,16);1H. The molecule has 20 heavy (non-hydrogen) atoms. The monoisotopic (exact) mass is 326 g/mol. The molecular weight excluding hydrogens is 300 g/mol. The molecule has 7 heteroatoms. The Kier molecular flexibility index (Phi) is 8.70. The van der Waals surface area contributed by atoms with Crippen molar-refractivity contribution in [3.8, 4) is 0 Å². The zero-order valence-corrected chi connectivity index (χ0v) is 13.9. The smallest absolute Gasteiger partial charge is 0.221 e. The number of nitrogens with one attached hydrogen (secondary N) is 1. The van der Waals surface area contributed by atoms with Crippen molar-refractivity contribution in [1.29, 1.82) is 0 Å². The molecule has 0 aromatic rings. The Hall–Kier alpha value is -0.330. The van der Waals surface area contributed by atoms with E-state index in [0.717, 1.165) is 25.7 Å². The van der Waals surface area contributed by atoms with Crippen molar-refractivity contribution in [2.75, 3.05) is 11.5 Å². The van der Waals surface area contributed by atoms with Crippen LogP contribution < -0.4 is 11.1 Å². The first-order chi connectivity index (χ1) is 8.78. The number of sulfone groups is 1. The van der Waals surface area contributed by atoms with Gasteiger partial charge >= 0.3 is 0 Å². The quantitative estimate of drug-likeness (QED) is 0.769. The van der Waals surface area contributed by atoms with E-state index in [1.54, 1.807) is 0 Å². The van der Waals surface area contributed by atoms with Gasteiger partial charge in [-0.15, -0.1) is 12.4 Å². The zero-order valence-electron chi connectivity index (χ0n) is 12.3. The number of carbonyl (C=O) groups is 1. The van der Waals surface area contributed by atoms with Gasteiger partial charge in [-0.3, -0.25) is 4.79 Å². The van der Waals surface area contributed by atoms with Gasteiger partial charge < -0.3 is 11.1 Å². The lowest BCUT2D eigenvalue weighted by atomic mass is 9.92. The molecule has 120 valence electrons. The third kappa shape index (κ3) is 8.07. The molecule has 1 fully saturated rings. The summed E-state index contributed by atoms with van der Waals surface area (Å²) in [5, 5.41) is 2.91. The van der Waals surface area contributed by atoms with Crippen molar-refractivity contribution < 1.29 is 13.2 Å². The maximum Gasteiger partial charge on any atom is 0.221 e. The van der Waals surface area contributed by atoms with Crippen LogP contribution in [0.15, 0.2) is 0 Å². The molecule has 0 spiro atoms. The van der Waals surface area contributed by atoms with Gasteiger partial charge in [0.15, 0.2) is 9.84 Å². The summed E-state index contributed by atoms with van der Waals surface area (Å²) in [5.41, 5.74) is 5.80. The number of rotatable bonds is 6. The summed E-state index contributed by atoms with van der Waals surface area (Å²) in [6.45, 7) is 3.73. The molecule has 3 N–H and O–H groups in total. The topological polar surface area (TPSA) is 89.3 Å². The Bertz CT molecular complexity index is 390. The fourth-order valence-corrected chi connectivity index (χ4v) is 4.08. The van der Waals surface area contributed by atoms with Crippen LogP contribution in [0.2, 0.25) is 0 Å². The first-order valence-corrected chi connectivity index (χ1v) is 8.86. The summed E-state index contributed by atoms with van der Waals surface area (Å²) in [6.07, 6.45) is 3.71. The number of hydrogen-bond acceptors (Lipinski definition) is 4. The van der Waals surface area contributed by atoms with E-state index >= 15 is 0 Å². The number of hydrogen-bond donors (Lipinski definition) is 2. The third-order valence-electron chi connectivity index (χ3n) is 3.36. The molecule has 0 radical (unpaired) electrons. The largest absolute Gasteiger partial charge is 0.353 e. The first kappa shape index (κ1) is 19.7. The van der Waals surface area contributed by atoms with E-state index in [0.29, 0.717) is 0 Å². The van der Waals surface area contributed by atoms with Crippen molar-refractivity contribution >= 4 is 28.2 Å². The molecule has 0 unspecified atom stereocenters. The van der Waals surface area contributed by atoms with Crippen molar-refractivity contribution in [2.45, 2.75) is 58.0 Å². The second-order valence-corrected chi connectivity index (χ2v) is 8.17. The van der Waals surface area contributed by atoms with Crippen molar-refractivity contribution in [2.24, 2.45) is 11.7 Å². The molecule has 0 heterocycles. The number of halogens is 1. The van der Waals surface area contributed by atoms with E-state index in [2.05, 4.69) is 5.32 Å². The normalized spacial score (nSPS) is 23.2. The van der Waals surface area contributed by atoms with E-state index in [1.807, 2.05) is 13.8 Å². The van der Waals surface area contributed by atoms with Crippen LogP contribution in [0.1, 0.15) is 46.0 Å². The molecular formula is C13H27ClN2O3S. The number of carbonyl (C=O) groups excluding carboxylic acids is 1. The minimum Gasteiger partial charge on any atom is -0.353 e.